The second-order valence-electron chi connectivity index (χ2n) is 5.26. The van der Waals surface area contributed by atoms with Crippen LogP contribution in [0.3, 0.4) is 0 Å². The summed E-state index contributed by atoms with van der Waals surface area (Å²) in [5, 5.41) is 0. The highest BCUT2D eigenvalue weighted by molar-refractivity contribution is 5.82. The maximum absolute atomic E-state index is 12.0. The van der Waals surface area contributed by atoms with Crippen LogP contribution in [0.5, 0.6) is 0 Å². The molecule has 1 rings (SSSR count). The van der Waals surface area contributed by atoms with E-state index >= 15 is 0 Å². The lowest BCUT2D eigenvalue weighted by Crippen LogP contribution is -2.56. The van der Waals surface area contributed by atoms with Crippen LogP contribution in [0.2, 0.25) is 0 Å². The Bertz CT molecular complexity index is 309. The predicted octanol–water partition coefficient (Wildman–Crippen LogP) is -0.204. The molecule has 0 aromatic carbocycles. The molecule has 0 radical (unpaired) electrons. The van der Waals surface area contributed by atoms with E-state index in [0.717, 1.165) is 0 Å². The molecule has 104 valence electrons. The lowest BCUT2D eigenvalue weighted by atomic mass is 10.0. The van der Waals surface area contributed by atoms with E-state index in [1.54, 1.807) is 28.8 Å². The summed E-state index contributed by atoms with van der Waals surface area (Å²) in [5.74, 6) is 0.126. The molecule has 0 saturated carbocycles. The molecule has 6 nitrogen and oxygen atoms in total. The van der Waals surface area contributed by atoms with Gasteiger partial charge in [-0.05, 0) is 5.92 Å². The van der Waals surface area contributed by atoms with E-state index in [4.69, 9.17) is 5.73 Å². The number of nitrogens with two attached hydrogens (primary N) is 1. The molecule has 0 aromatic heterocycles. The molecule has 2 N–H and O–H groups in total. The number of hydrogen-bond donors (Lipinski definition) is 1. The zero-order chi connectivity index (χ0) is 13.9. The summed E-state index contributed by atoms with van der Waals surface area (Å²) in [4.78, 5) is 28.8. The molecule has 0 spiro atoms. The van der Waals surface area contributed by atoms with Crippen molar-refractivity contribution in [3.63, 3.8) is 0 Å². The van der Waals surface area contributed by atoms with Gasteiger partial charge in [-0.25, -0.2) is 4.79 Å². The topological polar surface area (TPSA) is 69.9 Å². The average Bonchev–Trinajstić information content (AvgIpc) is 2.36. The van der Waals surface area contributed by atoms with Crippen LogP contribution in [0, 0.1) is 5.92 Å². The second kappa shape index (κ2) is 6.04. The standard InChI is InChI=1S/C12H24N4O2/c1-9(2)10(13)11(17)15-5-7-16(8-6-15)12(18)14(3)4/h9-10H,5-8,13H2,1-4H3/t10-/m0/s1. The number of carbonyl (C=O) groups is 2. The minimum atomic E-state index is -0.443. The van der Waals surface area contributed by atoms with Gasteiger partial charge >= 0.3 is 6.03 Å². The van der Waals surface area contributed by atoms with Crippen LogP contribution in [-0.4, -0.2) is 73.0 Å². The van der Waals surface area contributed by atoms with Gasteiger partial charge in [0.2, 0.25) is 5.91 Å². The van der Waals surface area contributed by atoms with Crippen molar-refractivity contribution in [1.29, 1.82) is 0 Å². The number of amides is 3. The van der Waals surface area contributed by atoms with E-state index in [9.17, 15) is 9.59 Å². The quantitative estimate of drug-likeness (QED) is 0.743. The van der Waals surface area contributed by atoms with Gasteiger partial charge in [-0.3, -0.25) is 4.79 Å². The Morgan fingerprint density at radius 3 is 1.89 bits per heavy atom. The van der Waals surface area contributed by atoms with Crippen LogP contribution >= 0.6 is 0 Å². The van der Waals surface area contributed by atoms with E-state index in [1.165, 1.54) is 0 Å². The molecular formula is C12H24N4O2. The largest absolute Gasteiger partial charge is 0.338 e. The summed E-state index contributed by atoms with van der Waals surface area (Å²) >= 11 is 0. The first kappa shape index (κ1) is 14.8. The van der Waals surface area contributed by atoms with E-state index in [-0.39, 0.29) is 17.9 Å². The molecule has 0 bridgehead atoms. The van der Waals surface area contributed by atoms with Gasteiger partial charge in [0.1, 0.15) is 0 Å². The fourth-order valence-corrected chi connectivity index (χ4v) is 1.90. The Hall–Kier alpha value is -1.30. The Morgan fingerprint density at radius 1 is 1.06 bits per heavy atom. The minimum absolute atomic E-state index is 0.00439. The van der Waals surface area contributed by atoms with Gasteiger partial charge in [0.15, 0.2) is 0 Å². The summed E-state index contributed by atoms with van der Waals surface area (Å²) in [5.41, 5.74) is 5.85. The van der Waals surface area contributed by atoms with Crippen LogP contribution in [0.15, 0.2) is 0 Å². The summed E-state index contributed by atoms with van der Waals surface area (Å²) in [6.07, 6.45) is 0. The Morgan fingerprint density at radius 2 is 1.50 bits per heavy atom. The van der Waals surface area contributed by atoms with E-state index in [0.29, 0.717) is 26.2 Å². The van der Waals surface area contributed by atoms with Crippen LogP contribution in [0.4, 0.5) is 4.79 Å². The fourth-order valence-electron chi connectivity index (χ4n) is 1.90. The number of nitrogens with zero attached hydrogens (tertiary/aromatic N) is 3. The molecule has 6 heteroatoms. The summed E-state index contributed by atoms with van der Waals surface area (Å²) in [6, 6.07) is -0.448. The Labute approximate surface area is 109 Å². The Kier molecular flexibility index (Phi) is 4.95. The first-order valence-electron chi connectivity index (χ1n) is 6.35. The third kappa shape index (κ3) is 3.35. The highest BCUT2D eigenvalue weighted by Gasteiger charge is 2.28. The molecule has 1 aliphatic heterocycles. The van der Waals surface area contributed by atoms with Gasteiger partial charge in [0, 0.05) is 40.3 Å². The summed E-state index contributed by atoms with van der Waals surface area (Å²) in [7, 11) is 3.46. The molecule has 0 aliphatic carbocycles. The molecule has 1 atom stereocenters. The molecule has 0 aromatic rings. The lowest BCUT2D eigenvalue weighted by molar-refractivity contribution is -0.135. The van der Waals surface area contributed by atoms with Crippen LogP contribution in [0.25, 0.3) is 0 Å². The monoisotopic (exact) mass is 256 g/mol. The zero-order valence-corrected chi connectivity index (χ0v) is 11.7. The SMILES string of the molecule is CC(C)[C@H](N)C(=O)N1CCN(C(=O)N(C)C)CC1. The van der Waals surface area contributed by atoms with Crippen molar-refractivity contribution in [2.75, 3.05) is 40.3 Å². The molecule has 1 heterocycles. The van der Waals surface area contributed by atoms with E-state index < -0.39 is 6.04 Å². The fraction of sp³-hybridized carbons (Fsp3) is 0.833. The molecule has 3 amide bonds. The van der Waals surface area contributed by atoms with Crippen LogP contribution < -0.4 is 5.73 Å². The minimum Gasteiger partial charge on any atom is -0.338 e. The summed E-state index contributed by atoms with van der Waals surface area (Å²) < 4.78 is 0. The number of urea groups is 1. The van der Waals surface area contributed by atoms with E-state index in [1.807, 2.05) is 13.8 Å². The van der Waals surface area contributed by atoms with Crippen molar-refractivity contribution in [1.82, 2.24) is 14.7 Å². The molecule has 1 aliphatic rings. The number of carbonyl (C=O) groups excluding carboxylic acids is 2. The number of piperazine rings is 1. The van der Waals surface area contributed by atoms with Gasteiger partial charge in [0.05, 0.1) is 6.04 Å². The van der Waals surface area contributed by atoms with Gasteiger partial charge in [-0.15, -0.1) is 0 Å². The van der Waals surface area contributed by atoms with Crippen molar-refractivity contribution in [2.24, 2.45) is 11.7 Å². The lowest BCUT2D eigenvalue weighted by Gasteiger charge is -2.37. The van der Waals surface area contributed by atoms with Gasteiger partial charge < -0.3 is 20.4 Å². The van der Waals surface area contributed by atoms with Crippen molar-refractivity contribution >= 4 is 11.9 Å². The molecule has 18 heavy (non-hydrogen) atoms. The first-order valence-corrected chi connectivity index (χ1v) is 6.35. The zero-order valence-electron chi connectivity index (χ0n) is 11.7. The number of hydrogen-bond acceptors (Lipinski definition) is 3. The summed E-state index contributed by atoms with van der Waals surface area (Å²) in [6.45, 7) is 6.17. The van der Waals surface area contributed by atoms with Gasteiger partial charge in [-0.1, -0.05) is 13.8 Å². The highest BCUT2D eigenvalue weighted by atomic mass is 16.2. The average molecular weight is 256 g/mol. The third-order valence-electron chi connectivity index (χ3n) is 3.25. The van der Waals surface area contributed by atoms with Crippen molar-refractivity contribution in [2.45, 2.75) is 19.9 Å². The smallest absolute Gasteiger partial charge is 0.319 e. The third-order valence-corrected chi connectivity index (χ3v) is 3.25. The first-order chi connectivity index (χ1) is 8.34. The maximum Gasteiger partial charge on any atom is 0.319 e. The van der Waals surface area contributed by atoms with Crippen molar-refractivity contribution < 1.29 is 9.59 Å². The normalized spacial score (nSPS) is 17.9. The van der Waals surface area contributed by atoms with Gasteiger partial charge in [-0.2, -0.15) is 0 Å². The molecule has 1 fully saturated rings. The Balaban J connectivity index is 2.49. The van der Waals surface area contributed by atoms with E-state index in [2.05, 4.69) is 0 Å². The van der Waals surface area contributed by atoms with Gasteiger partial charge in [0.25, 0.3) is 0 Å². The predicted molar refractivity (Wildman–Crippen MR) is 70.0 cm³/mol. The molecule has 1 saturated heterocycles. The highest BCUT2D eigenvalue weighted by Crippen LogP contribution is 2.08. The molecule has 0 unspecified atom stereocenters. The van der Waals surface area contributed by atoms with Crippen molar-refractivity contribution in [3.05, 3.63) is 0 Å². The molecular weight excluding hydrogens is 232 g/mol. The second-order valence-corrected chi connectivity index (χ2v) is 5.26. The van der Waals surface area contributed by atoms with Crippen molar-refractivity contribution in [3.8, 4) is 0 Å². The maximum atomic E-state index is 12.0. The van der Waals surface area contributed by atoms with Crippen LogP contribution in [-0.2, 0) is 4.79 Å². The van der Waals surface area contributed by atoms with Crippen LogP contribution in [0.1, 0.15) is 13.8 Å². The number of rotatable bonds is 2.